The van der Waals surface area contributed by atoms with Gasteiger partial charge in [-0.2, -0.15) is 0 Å². The van der Waals surface area contributed by atoms with E-state index in [4.69, 9.17) is 9.47 Å². The lowest BCUT2D eigenvalue weighted by molar-refractivity contribution is 0.304. The molecule has 0 aromatic rings. The maximum absolute atomic E-state index is 12.8. The van der Waals surface area contributed by atoms with E-state index in [9.17, 15) is 8.42 Å². The normalized spacial score (nSPS) is 56.1. The van der Waals surface area contributed by atoms with Crippen LogP contribution in [0.25, 0.3) is 0 Å². The van der Waals surface area contributed by atoms with Gasteiger partial charge in [-0.1, -0.05) is 0 Å². The summed E-state index contributed by atoms with van der Waals surface area (Å²) in [4.78, 5) is 0. The van der Waals surface area contributed by atoms with Gasteiger partial charge in [0, 0.05) is 0 Å². The van der Waals surface area contributed by atoms with Crippen LogP contribution in [0.4, 0.5) is 0 Å². The van der Waals surface area contributed by atoms with Crippen molar-refractivity contribution in [2.24, 2.45) is 0 Å². The molecular formula is C14H22O4S. The summed E-state index contributed by atoms with van der Waals surface area (Å²) in [7, 11) is -3.01. The smallest absolute Gasteiger partial charge is 0.156 e. The van der Waals surface area contributed by atoms with Gasteiger partial charge in [0.1, 0.15) is 0 Å². The van der Waals surface area contributed by atoms with Crippen molar-refractivity contribution < 1.29 is 17.9 Å². The van der Waals surface area contributed by atoms with Crippen molar-refractivity contribution in [2.75, 3.05) is 0 Å². The molecular weight excluding hydrogens is 264 g/mol. The van der Waals surface area contributed by atoms with Gasteiger partial charge in [-0.05, 0) is 52.4 Å². The summed E-state index contributed by atoms with van der Waals surface area (Å²) in [5.74, 6) is 0. The Labute approximate surface area is 114 Å². The summed E-state index contributed by atoms with van der Waals surface area (Å²) in [6.45, 7) is 4.20. The molecule has 0 aromatic carbocycles. The van der Waals surface area contributed by atoms with Gasteiger partial charge in [0.2, 0.25) is 0 Å². The molecule has 0 amide bonds. The number of hydrogen-bond donors (Lipinski definition) is 0. The maximum atomic E-state index is 12.8. The van der Waals surface area contributed by atoms with Crippen LogP contribution < -0.4 is 0 Å². The summed E-state index contributed by atoms with van der Waals surface area (Å²) >= 11 is 0. The molecule has 6 unspecified atom stereocenters. The molecule has 2 aliphatic heterocycles. The Balaban J connectivity index is 1.48. The molecule has 4 fully saturated rings. The fourth-order valence-electron chi connectivity index (χ4n) is 4.09. The number of epoxide rings is 2. The molecule has 2 saturated carbocycles. The Hall–Kier alpha value is -0.130. The molecule has 4 aliphatic rings. The Bertz CT molecular complexity index is 476. The predicted octanol–water partition coefficient (Wildman–Crippen LogP) is 1.82. The van der Waals surface area contributed by atoms with E-state index in [0.29, 0.717) is 12.8 Å². The number of hydrogen-bond acceptors (Lipinski definition) is 4. The first-order valence-electron chi connectivity index (χ1n) is 7.42. The molecule has 2 aliphatic carbocycles. The number of fused-ring (bicyclic) bond motifs is 2. The highest BCUT2D eigenvalue weighted by Gasteiger charge is 2.60. The van der Waals surface area contributed by atoms with E-state index in [-0.39, 0.29) is 33.9 Å². The highest BCUT2D eigenvalue weighted by Crippen LogP contribution is 2.52. The molecule has 0 bridgehead atoms. The van der Waals surface area contributed by atoms with Crippen LogP contribution in [-0.4, -0.2) is 42.3 Å². The fourth-order valence-corrected chi connectivity index (χ4v) is 6.42. The van der Waals surface area contributed by atoms with Crippen LogP contribution >= 0.6 is 0 Å². The third-order valence-electron chi connectivity index (χ3n) is 5.88. The van der Waals surface area contributed by atoms with Gasteiger partial charge in [-0.15, -0.1) is 0 Å². The van der Waals surface area contributed by atoms with Crippen molar-refractivity contribution in [3.63, 3.8) is 0 Å². The van der Waals surface area contributed by atoms with Gasteiger partial charge in [-0.25, -0.2) is 8.42 Å². The van der Waals surface area contributed by atoms with E-state index in [1.54, 1.807) is 0 Å². The van der Waals surface area contributed by atoms with Crippen LogP contribution in [0, 0.1) is 0 Å². The van der Waals surface area contributed by atoms with Gasteiger partial charge in [-0.3, -0.25) is 0 Å². The van der Waals surface area contributed by atoms with Crippen molar-refractivity contribution in [1.29, 1.82) is 0 Å². The van der Waals surface area contributed by atoms with Crippen molar-refractivity contribution in [3.05, 3.63) is 0 Å². The van der Waals surface area contributed by atoms with Crippen LogP contribution in [0.5, 0.6) is 0 Å². The Morgan fingerprint density at radius 1 is 0.895 bits per heavy atom. The van der Waals surface area contributed by atoms with E-state index >= 15 is 0 Å². The van der Waals surface area contributed by atoms with Crippen molar-refractivity contribution in [2.45, 2.75) is 86.3 Å². The summed E-state index contributed by atoms with van der Waals surface area (Å²) in [6.07, 6.45) is 5.12. The molecule has 0 aromatic heterocycles. The quantitative estimate of drug-likeness (QED) is 0.727. The van der Waals surface area contributed by atoms with E-state index < -0.39 is 9.84 Å². The molecule has 5 heteroatoms. The lowest BCUT2D eigenvalue weighted by Crippen LogP contribution is -2.40. The number of rotatable bonds is 2. The zero-order chi connectivity index (χ0) is 13.5. The van der Waals surface area contributed by atoms with Crippen LogP contribution in [-0.2, 0) is 19.3 Å². The topological polar surface area (TPSA) is 59.2 Å². The third kappa shape index (κ3) is 1.81. The first kappa shape index (κ1) is 12.6. The van der Waals surface area contributed by atoms with E-state index in [0.717, 1.165) is 25.7 Å². The maximum Gasteiger partial charge on any atom is 0.156 e. The molecule has 108 valence electrons. The lowest BCUT2D eigenvalue weighted by Gasteiger charge is -2.29. The van der Waals surface area contributed by atoms with Gasteiger partial charge >= 0.3 is 0 Å². The van der Waals surface area contributed by atoms with E-state index in [1.165, 1.54) is 0 Å². The standard InChI is InChI=1S/C14H22O4S/c1-13-5-3-9(7-11(13)17-13)19(15,16)10-4-6-14(2)12(8-10)18-14/h9-12H,3-8H2,1-2H3. The largest absolute Gasteiger partial charge is 0.366 e. The zero-order valence-electron chi connectivity index (χ0n) is 11.6. The third-order valence-corrected chi connectivity index (χ3v) is 8.59. The molecule has 2 heterocycles. The van der Waals surface area contributed by atoms with Crippen LogP contribution in [0.1, 0.15) is 52.4 Å². The first-order valence-corrected chi connectivity index (χ1v) is 9.03. The second-order valence-electron chi connectivity index (χ2n) is 7.22. The minimum absolute atomic E-state index is 0.00321. The highest BCUT2D eigenvalue weighted by atomic mass is 32.2. The summed E-state index contributed by atoms with van der Waals surface area (Å²) in [6, 6.07) is 0. The van der Waals surface area contributed by atoms with E-state index in [1.807, 2.05) is 0 Å². The average Bonchev–Trinajstić information content (AvgIpc) is 3.19. The monoisotopic (exact) mass is 286 g/mol. The second-order valence-corrected chi connectivity index (χ2v) is 9.73. The van der Waals surface area contributed by atoms with Crippen LogP contribution in [0.15, 0.2) is 0 Å². The van der Waals surface area contributed by atoms with Crippen molar-refractivity contribution in [3.8, 4) is 0 Å². The molecule has 0 radical (unpaired) electrons. The first-order chi connectivity index (χ1) is 8.83. The number of sulfone groups is 1. The minimum Gasteiger partial charge on any atom is -0.366 e. The van der Waals surface area contributed by atoms with Crippen LogP contribution in [0.2, 0.25) is 0 Å². The van der Waals surface area contributed by atoms with Gasteiger partial charge < -0.3 is 9.47 Å². The van der Waals surface area contributed by atoms with Crippen molar-refractivity contribution >= 4 is 9.84 Å². The SMILES string of the molecule is CC12CCC(S(=O)(=O)C3CCC4(C)OC4C3)CC1O2. The molecule has 0 spiro atoms. The molecule has 4 rings (SSSR count). The average molecular weight is 286 g/mol. The second kappa shape index (κ2) is 3.55. The molecule has 0 N–H and O–H groups in total. The summed E-state index contributed by atoms with van der Waals surface area (Å²) < 4.78 is 36.8. The minimum atomic E-state index is -3.01. The summed E-state index contributed by atoms with van der Waals surface area (Å²) in [5.41, 5.74) is -0.00643. The Morgan fingerprint density at radius 3 is 1.68 bits per heavy atom. The van der Waals surface area contributed by atoms with Gasteiger partial charge in [0.15, 0.2) is 9.84 Å². The van der Waals surface area contributed by atoms with Gasteiger partial charge in [0.05, 0.1) is 33.9 Å². The zero-order valence-corrected chi connectivity index (χ0v) is 12.4. The Morgan fingerprint density at radius 2 is 1.32 bits per heavy atom. The Kier molecular flexibility index (Phi) is 2.35. The summed E-state index contributed by atoms with van der Waals surface area (Å²) in [5, 5.41) is -0.359. The van der Waals surface area contributed by atoms with Crippen molar-refractivity contribution in [1.82, 2.24) is 0 Å². The van der Waals surface area contributed by atoms with Gasteiger partial charge in [0.25, 0.3) is 0 Å². The molecule has 4 nitrogen and oxygen atoms in total. The predicted molar refractivity (Wildman–Crippen MR) is 70.8 cm³/mol. The molecule has 6 atom stereocenters. The highest BCUT2D eigenvalue weighted by molar-refractivity contribution is 7.92. The number of ether oxygens (including phenoxy) is 2. The molecule has 2 saturated heterocycles. The lowest BCUT2D eigenvalue weighted by atomic mass is 9.90. The van der Waals surface area contributed by atoms with E-state index in [2.05, 4.69) is 13.8 Å². The molecule has 19 heavy (non-hydrogen) atoms. The van der Waals surface area contributed by atoms with Crippen LogP contribution in [0.3, 0.4) is 0 Å². The fraction of sp³-hybridized carbons (Fsp3) is 1.00.